The molecule has 0 aliphatic rings. The molecular weight excluding hydrogens is 208 g/mol. The zero-order valence-corrected chi connectivity index (χ0v) is 8.82. The van der Waals surface area contributed by atoms with E-state index in [4.69, 9.17) is 0 Å². The number of aromatic nitrogens is 4. The largest absolute Gasteiger partial charge is 0.359 e. The summed E-state index contributed by atoms with van der Waals surface area (Å²) in [5.41, 5.74) is 1.28. The molecule has 1 amide bonds. The predicted molar refractivity (Wildman–Crippen MR) is 58.9 cm³/mol. The summed E-state index contributed by atoms with van der Waals surface area (Å²) in [7, 11) is 0. The molecule has 0 fully saturated rings. The van der Waals surface area contributed by atoms with Crippen LogP contribution in [0.4, 0.5) is 5.82 Å². The minimum Gasteiger partial charge on any atom is -0.359 e. The van der Waals surface area contributed by atoms with E-state index in [0.29, 0.717) is 23.5 Å². The highest BCUT2D eigenvalue weighted by Gasteiger charge is 2.06. The molecule has 0 atom stereocenters. The van der Waals surface area contributed by atoms with Gasteiger partial charge in [0.15, 0.2) is 11.5 Å². The number of amides is 1. The quantitative estimate of drug-likeness (QED) is 0.668. The van der Waals surface area contributed by atoms with Crippen LogP contribution in [0.15, 0.2) is 12.7 Å². The van der Waals surface area contributed by atoms with Crippen molar-refractivity contribution in [1.29, 1.82) is 0 Å². The van der Waals surface area contributed by atoms with Crippen LogP contribution in [-0.2, 0) is 4.79 Å². The first kappa shape index (κ1) is 10.3. The van der Waals surface area contributed by atoms with Crippen molar-refractivity contribution in [2.24, 2.45) is 0 Å². The number of H-pyrrole nitrogens is 1. The lowest BCUT2D eigenvalue weighted by Crippen LogP contribution is -2.29. The number of aromatic amines is 1. The van der Waals surface area contributed by atoms with E-state index < -0.39 is 0 Å². The van der Waals surface area contributed by atoms with Gasteiger partial charge in [-0.1, -0.05) is 0 Å². The summed E-state index contributed by atoms with van der Waals surface area (Å²) >= 11 is 0. The summed E-state index contributed by atoms with van der Waals surface area (Å²) in [6.07, 6.45) is 2.94. The zero-order valence-electron chi connectivity index (χ0n) is 8.82. The maximum Gasteiger partial charge on any atom is 0.239 e. The van der Waals surface area contributed by atoms with Crippen molar-refractivity contribution in [3.05, 3.63) is 12.7 Å². The first-order valence-electron chi connectivity index (χ1n) is 4.96. The van der Waals surface area contributed by atoms with E-state index >= 15 is 0 Å². The Balaban J connectivity index is 2.09. The van der Waals surface area contributed by atoms with E-state index in [0.717, 1.165) is 0 Å². The van der Waals surface area contributed by atoms with Crippen LogP contribution in [0.25, 0.3) is 11.2 Å². The van der Waals surface area contributed by atoms with Crippen molar-refractivity contribution in [3.63, 3.8) is 0 Å². The molecular formula is C9H12N6O. The number of anilines is 1. The lowest BCUT2D eigenvalue weighted by Gasteiger charge is -2.05. The Kier molecular flexibility index (Phi) is 2.95. The van der Waals surface area contributed by atoms with E-state index in [-0.39, 0.29) is 12.5 Å². The standard InChI is InChI=1S/C9H12N6O/c1-2-10-6(16)3-11-8-7-9(13-4-12-7)15-5-14-8/h4-5H,2-3H2,1H3,(H,10,16)(H2,11,12,13,14,15). The van der Waals surface area contributed by atoms with Gasteiger partial charge in [-0.2, -0.15) is 0 Å². The Morgan fingerprint density at radius 3 is 3.12 bits per heavy atom. The van der Waals surface area contributed by atoms with Gasteiger partial charge in [0.25, 0.3) is 0 Å². The fourth-order valence-electron chi connectivity index (χ4n) is 1.32. The Labute approximate surface area is 91.7 Å². The number of fused-ring (bicyclic) bond motifs is 1. The average Bonchev–Trinajstić information content (AvgIpc) is 2.75. The summed E-state index contributed by atoms with van der Waals surface area (Å²) in [6, 6.07) is 0. The number of carbonyl (C=O) groups excluding carboxylic acids is 1. The predicted octanol–water partition coefficient (Wildman–Crippen LogP) is -0.0991. The van der Waals surface area contributed by atoms with Gasteiger partial charge in [-0.3, -0.25) is 4.79 Å². The minimum atomic E-state index is -0.0752. The van der Waals surface area contributed by atoms with Crippen LogP contribution >= 0.6 is 0 Å². The third kappa shape index (κ3) is 2.08. The van der Waals surface area contributed by atoms with Gasteiger partial charge >= 0.3 is 0 Å². The van der Waals surface area contributed by atoms with Crippen LogP contribution < -0.4 is 10.6 Å². The number of imidazole rings is 1. The molecule has 84 valence electrons. The average molecular weight is 220 g/mol. The van der Waals surface area contributed by atoms with Gasteiger partial charge < -0.3 is 15.6 Å². The van der Waals surface area contributed by atoms with E-state index in [1.165, 1.54) is 12.7 Å². The van der Waals surface area contributed by atoms with Crippen LogP contribution in [0.5, 0.6) is 0 Å². The van der Waals surface area contributed by atoms with Gasteiger partial charge in [-0.05, 0) is 6.92 Å². The lowest BCUT2D eigenvalue weighted by atomic mass is 10.4. The molecule has 0 saturated carbocycles. The second-order valence-electron chi connectivity index (χ2n) is 3.13. The molecule has 2 aromatic rings. The van der Waals surface area contributed by atoms with Crippen molar-refractivity contribution in [3.8, 4) is 0 Å². The van der Waals surface area contributed by atoms with Crippen molar-refractivity contribution in [1.82, 2.24) is 25.3 Å². The van der Waals surface area contributed by atoms with Crippen molar-refractivity contribution in [2.75, 3.05) is 18.4 Å². The van der Waals surface area contributed by atoms with Crippen LogP contribution in [0.1, 0.15) is 6.92 Å². The summed E-state index contributed by atoms with van der Waals surface area (Å²) in [6.45, 7) is 2.67. The number of carbonyl (C=O) groups is 1. The Morgan fingerprint density at radius 2 is 2.31 bits per heavy atom. The summed E-state index contributed by atoms with van der Waals surface area (Å²) in [4.78, 5) is 26.2. The Hall–Kier alpha value is -2.18. The maximum atomic E-state index is 11.2. The number of hydrogen-bond acceptors (Lipinski definition) is 5. The van der Waals surface area contributed by atoms with Crippen molar-refractivity contribution in [2.45, 2.75) is 6.92 Å². The van der Waals surface area contributed by atoms with Crippen molar-refractivity contribution < 1.29 is 4.79 Å². The van der Waals surface area contributed by atoms with Gasteiger partial charge in [-0.25, -0.2) is 15.0 Å². The molecule has 0 aromatic carbocycles. The first-order valence-corrected chi connectivity index (χ1v) is 4.96. The molecule has 2 rings (SSSR count). The van der Waals surface area contributed by atoms with E-state index in [9.17, 15) is 4.79 Å². The third-order valence-electron chi connectivity index (χ3n) is 2.01. The second kappa shape index (κ2) is 4.56. The maximum absolute atomic E-state index is 11.2. The topological polar surface area (TPSA) is 95.6 Å². The summed E-state index contributed by atoms with van der Waals surface area (Å²) in [5, 5.41) is 5.61. The fourth-order valence-corrected chi connectivity index (χ4v) is 1.32. The number of nitrogens with one attached hydrogen (secondary N) is 3. The minimum absolute atomic E-state index is 0.0752. The van der Waals surface area contributed by atoms with Crippen LogP contribution in [0.3, 0.4) is 0 Å². The molecule has 0 radical (unpaired) electrons. The molecule has 0 spiro atoms. The molecule has 2 aromatic heterocycles. The lowest BCUT2D eigenvalue weighted by molar-refractivity contribution is -0.119. The molecule has 0 bridgehead atoms. The van der Waals surface area contributed by atoms with E-state index in [1.807, 2.05) is 6.92 Å². The zero-order chi connectivity index (χ0) is 11.4. The molecule has 16 heavy (non-hydrogen) atoms. The molecule has 3 N–H and O–H groups in total. The molecule has 0 aliphatic carbocycles. The van der Waals surface area contributed by atoms with Crippen LogP contribution in [0, 0.1) is 0 Å². The summed E-state index contributed by atoms with van der Waals surface area (Å²) < 4.78 is 0. The van der Waals surface area contributed by atoms with Gasteiger partial charge in [0.1, 0.15) is 11.8 Å². The Bertz CT molecular complexity index is 493. The van der Waals surface area contributed by atoms with Gasteiger partial charge in [0, 0.05) is 6.54 Å². The molecule has 0 unspecified atom stereocenters. The van der Waals surface area contributed by atoms with Crippen molar-refractivity contribution >= 4 is 22.9 Å². The van der Waals surface area contributed by atoms with Gasteiger partial charge in [0.05, 0.1) is 12.9 Å². The first-order chi connectivity index (χ1) is 7.81. The van der Waals surface area contributed by atoms with E-state index in [1.54, 1.807) is 0 Å². The molecule has 0 saturated heterocycles. The number of likely N-dealkylation sites (N-methyl/N-ethyl adjacent to an activating group) is 1. The van der Waals surface area contributed by atoms with Crippen LogP contribution in [0.2, 0.25) is 0 Å². The SMILES string of the molecule is CCNC(=O)CNc1ncnc2nc[nH]c12. The smallest absolute Gasteiger partial charge is 0.239 e. The second-order valence-corrected chi connectivity index (χ2v) is 3.13. The number of hydrogen-bond donors (Lipinski definition) is 3. The monoisotopic (exact) mass is 220 g/mol. The molecule has 2 heterocycles. The van der Waals surface area contributed by atoms with Gasteiger partial charge in [0.2, 0.25) is 5.91 Å². The van der Waals surface area contributed by atoms with Crippen LogP contribution in [-0.4, -0.2) is 38.9 Å². The number of rotatable bonds is 4. The molecule has 7 heteroatoms. The van der Waals surface area contributed by atoms with E-state index in [2.05, 4.69) is 30.6 Å². The Morgan fingerprint density at radius 1 is 1.44 bits per heavy atom. The third-order valence-corrected chi connectivity index (χ3v) is 2.01. The summed E-state index contributed by atoms with van der Waals surface area (Å²) in [5.74, 6) is 0.502. The molecule has 7 nitrogen and oxygen atoms in total. The normalized spacial score (nSPS) is 10.3. The highest BCUT2D eigenvalue weighted by Crippen LogP contribution is 2.13. The highest BCUT2D eigenvalue weighted by atomic mass is 16.1. The highest BCUT2D eigenvalue weighted by molar-refractivity contribution is 5.86. The number of nitrogens with zero attached hydrogens (tertiary/aromatic N) is 3. The fraction of sp³-hybridized carbons (Fsp3) is 0.333. The molecule has 0 aliphatic heterocycles. The van der Waals surface area contributed by atoms with Gasteiger partial charge in [-0.15, -0.1) is 0 Å².